The van der Waals surface area contributed by atoms with E-state index in [4.69, 9.17) is 0 Å². The Morgan fingerprint density at radius 3 is 2.48 bits per heavy atom. The molecule has 0 fully saturated rings. The number of rotatable bonds is 5. The Kier molecular flexibility index (Phi) is 5.35. The maximum atomic E-state index is 13.7. The predicted octanol–water partition coefficient (Wildman–Crippen LogP) is 4.50. The predicted molar refractivity (Wildman–Crippen MR) is 92.2 cm³/mol. The lowest BCUT2D eigenvalue weighted by molar-refractivity contribution is 0.102. The van der Waals surface area contributed by atoms with Crippen LogP contribution in [0.2, 0.25) is 0 Å². The lowest BCUT2D eigenvalue weighted by atomic mass is 10.2. The van der Waals surface area contributed by atoms with Gasteiger partial charge < -0.3 is 10.6 Å². The van der Waals surface area contributed by atoms with Crippen molar-refractivity contribution in [3.63, 3.8) is 0 Å². The minimum atomic E-state index is -1.68. The van der Waals surface area contributed by atoms with Crippen molar-refractivity contribution < 1.29 is 22.4 Å². The summed E-state index contributed by atoms with van der Waals surface area (Å²) in [7, 11) is 0. The van der Waals surface area contributed by atoms with E-state index in [9.17, 15) is 22.4 Å². The molecule has 138 valence electrons. The zero-order valence-electron chi connectivity index (χ0n) is 13.8. The summed E-state index contributed by atoms with van der Waals surface area (Å²) in [5, 5.41) is 5.08. The molecule has 1 amide bonds. The zero-order chi connectivity index (χ0) is 19.4. The molecule has 2 aromatic carbocycles. The van der Waals surface area contributed by atoms with Crippen molar-refractivity contribution in [3.05, 3.63) is 89.3 Å². The second-order valence-electron chi connectivity index (χ2n) is 5.55. The molecule has 2 N–H and O–H groups in total. The van der Waals surface area contributed by atoms with Gasteiger partial charge in [0.25, 0.3) is 5.91 Å². The van der Waals surface area contributed by atoms with Crippen LogP contribution < -0.4 is 10.6 Å². The van der Waals surface area contributed by atoms with E-state index in [1.54, 1.807) is 24.3 Å². The molecular weight excluding hydrogens is 362 g/mol. The van der Waals surface area contributed by atoms with Crippen LogP contribution in [-0.2, 0) is 6.54 Å². The fourth-order valence-corrected chi connectivity index (χ4v) is 2.31. The van der Waals surface area contributed by atoms with Gasteiger partial charge in [-0.1, -0.05) is 18.2 Å². The van der Waals surface area contributed by atoms with E-state index in [0.717, 1.165) is 6.07 Å². The minimum absolute atomic E-state index is 0.0855. The Morgan fingerprint density at radius 1 is 0.926 bits per heavy atom. The van der Waals surface area contributed by atoms with E-state index < -0.39 is 29.0 Å². The molecule has 8 heteroatoms. The number of pyridine rings is 1. The van der Waals surface area contributed by atoms with Crippen molar-refractivity contribution in [1.82, 2.24) is 4.98 Å². The number of amides is 1. The normalized spacial score (nSPS) is 10.5. The minimum Gasteiger partial charge on any atom is -0.381 e. The fourth-order valence-electron chi connectivity index (χ4n) is 2.31. The third kappa shape index (κ3) is 4.22. The summed E-state index contributed by atoms with van der Waals surface area (Å²) in [6.45, 7) is 0.176. The molecule has 0 aliphatic heterocycles. The number of aromatic nitrogens is 1. The third-order valence-electron chi connectivity index (χ3n) is 3.72. The number of halogens is 4. The topological polar surface area (TPSA) is 54.0 Å². The van der Waals surface area contributed by atoms with Crippen LogP contribution in [0.1, 0.15) is 16.1 Å². The van der Waals surface area contributed by atoms with Gasteiger partial charge in [-0.3, -0.25) is 9.78 Å². The maximum absolute atomic E-state index is 13.7. The van der Waals surface area contributed by atoms with Gasteiger partial charge in [0.1, 0.15) is 11.5 Å². The first-order chi connectivity index (χ1) is 13.0. The highest BCUT2D eigenvalue weighted by atomic mass is 19.2. The van der Waals surface area contributed by atoms with E-state index in [1.807, 2.05) is 0 Å². The highest BCUT2D eigenvalue weighted by Gasteiger charge is 2.16. The Labute approximate surface area is 151 Å². The largest absolute Gasteiger partial charge is 0.381 e. The second-order valence-corrected chi connectivity index (χ2v) is 5.55. The first-order valence-electron chi connectivity index (χ1n) is 7.84. The van der Waals surface area contributed by atoms with Crippen molar-refractivity contribution in [2.75, 3.05) is 10.6 Å². The Bertz CT molecular complexity index is 994. The number of hydrogen-bond acceptors (Lipinski definition) is 3. The summed E-state index contributed by atoms with van der Waals surface area (Å²) >= 11 is 0. The molecule has 1 heterocycles. The molecule has 0 spiro atoms. The second kappa shape index (κ2) is 7.86. The summed E-state index contributed by atoms with van der Waals surface area (Å²) in [5.41, 5.74) is 0.316. The molecule has 4 nitrogen and oxygen atoms in total. The van der Waals surface area contributed by atoms with Crippen molar-refractivity contribution >= 4 is 17.3 Å². The molecule has 0 atom stereocenters. The lowest BCUT2D eigenvalue weighted by Crippen LogP contribution is -2.15. The molecule has 27 heavy (non-hydrogen) atoms. The number of carbonyl (C=O) groups excluding carboxylic acids is 1. The lowest BCUT2D eigenvalue weighted by Gasteiger charge is -2.10. The number of nitrogens with zero attached hydrogens (tertiary/aromatic N) is 1. The Hall–Kier alpha value is -3.42. The van der Waals surface area contributed by atoms with Gasteiger partial charge in [0.15, 0.2) is 17.5 Å². The van der Waals surface area contributed by atoms with Crippen LogP contribution in [0.15, 0.2) is 54.7 Å². The summed E-state index contributed by atoms with van der Waals surface area (Å²) < 4.78 is 53.5. The van der Waals surface area contributed by atoms with Crippen LogP contribution in [0.3, 0.4) is 0 Å². The van der Waals surface area contributed by atoms with Gasteiger partial charge in [0, 0.05) is 24.0 Å². The molecule has 3 aromatic rings. The number of nitrogens with one attached hydrogen (secondary N) is 2. The molecule has 0 saturated heterocycles. The first-order valence-corrected chi connectivity index (χ1v) is 7.84. The molecule has 0 saturated carbocycles. The summed E-state index contributed by atoms with van der Waals surface area (Å²) in [5.74, 6) is -5.72. The van der Waals surface area contributed by atoms with Crippen LogP contribution in [0.25, 0.3) is 0 Å². The van der Waals surface area contributed by atoms with Gasteiger partial charge in [-0.2, -0.15) is 0 Å². The van der Waals surface area contributed by atoms with E-state index in [1.165, 1.54) is 18.3 Å². The van der Waals surface area contributed by atoms with Gasteiger partial charge >= 0.3 is 0 Å². The highest BCUT2D eigenvalue weighted by Crippen LogP contribution is 2.20. The molecule has 0 aliphatic carbocycles. The fraction of sp³-hybridized carbons (Fsp3) is 0.0526. The summed E-state index contributed by atoms with van der Waals surface area (Å²) in [4.78, 5) is 16.1. The SMILES string of the molecule is O=C(Nc1ccc(F)c(F)c1F)c1cc(NCc2ccccc2F)ccn1. The van der Waals surface area contributed by atoms with Crippen LogP contribution in [0, 0.1) is 23.3 Å². The number of benzene rings is 2. The average molecular weight is 375 g/mol. The van der Waals surface area contributed by atoms with Gasteiger partial charge in [0.05, 0.1) is 5.69 Å². The molecule has 0 unspecified atom stereocenters. The van der Waals surface area contributed by atoms with Gasteiger partial charge in [-0.05, 0) is 30.3 Å². The van der Waals surface area contributed by atoms with Crippen molar-refractivity contribution in [3.8, 4) is 0 Å². The Balaban J connectivity index is 1.72. The molecule has 1 aromatic heterocycles. The third-order valence-corrected chi connectivity index (χ3v) is 3.72. The zero-order valence-corrected chi connectivity index (χ0v) is 13.8. The van der Waals surface area contributed by atoms with E-state index in [2.05, 4.69) is 15.6 Å². The molecule has 0 aliphatic rings. The summed E-state index contributed by atoms with van der Waals surface area (Å²) in [6.07, 6.45) is 1.33. The standard InChI is InChI=1S/C19H13F4N3O/c20-13-4-2-1-3-11(13)10-25-12-7-8-24-16(9-12)19(27)26-15-6-5-14(21)17(22)18(15)23/h1-9H,10H2,(H,24,25)(H,26,27). The van der Waals surface area contributed by atoms with Gasteiger partial charge in [-0.15, -0.1) is 0 Å². The number of carbonyl (C=O) groups is 1. The average Bonchev–Trinajstić information content (AvgIpc) is 2.68. The molecule has 3 rings (SSSR count). The van der Waals surface area contributed by atoms with Crippen LogP contribution in [-0.4, -0.2) is 10.9 Å². The van der Waals surface area contributed by atoms with Crippen molar-refractivity contribution in [1.29, 1.82) is 0 Å². The van der Waals surface area contributed by atoms with E-state index in [0.29, 0.717) is 17.3 Å². The van der Waals surface area contributed by atoms with E-state index >= 15 is 0 Å². The molecule has 0 bridgehead atoms. The van der Waals surface area contributed by atoms with Crippen LogP contribution >= 0.6 is 0 Å². The van der Waals surface area contributed by atoms with Gasteiger partial charge in [0.2, 0.25) is 0 Å². The van der Waals surface area contributed by atoms with Crippen LogP contribution in [0.5, 0.6) is 0 Å². The summed E-state index contributed by atoms with van der Waals surface area (Å²) in [6, 6.07) is 10.8. The monoisotopic (exact) mass is 375 g/mol. The molecule has 0 radical (unpaired) electrons. The van der Waals surface area contributed by atoms with Crippen molar-refractivity contribution in [2.45, 2.75) is 6.54 Å². The number of hydrogen-bond donors (Lipinski definition) is 2. The Morgan fingerprint density at radius 2 is 1.70 bits per heavy atom. The maximum Gasteiger partial charge on any atom is 0.274 e. The quantitative estimate of drug-likeness (QED) is 0.510. The van der Waals surface area contributed by atoms with Crippen molar-refractivity contribution in [2.24, 2.45) is 0 Å². The first kappa shape index (κ1) is 18.4. The van der Waals surface area contributed by atoms with E-state index in [-0.39, 0.29) is 18.1 Å². The van der Waals surface area contributed by atoms with Crippen LogP contribution in [0.4, 0.5) is 28.9 Å². The van der Waals surface area contributed by atoms with Gasteiger partial charge in [-0.25, -0.2) is 17.6 Å². The highest BCUT2D eigenvalue weighted by molar-refractivity contribution is 6.03. The number of anilines is 2. The molecular formula is C19H13F4N3O. The smallest absolute Gasteiger partial charge is 0.274 e.